The highest BCUT2D eigenvalue weighted by Gasteiger charge is 2.33. The summed E-state index contributed by atoms with van der Waals surface area (Å²) in [4.78, 5) is 30.7. The van der Waals surface area contributed by atoms with Gasteiger partial charge in [0.1, 0.15) is 17.4 Å². The summed E-state index contributed by atoms with van der Waals surface area (Å²) in [5.41, 5.74) is -0.934. The van der Waals surface area contributed by atoms with Crippen molar-refractivity contribution in [1.82, 2.24) is 4.98 Å². The van der Waals surface area contributed by atoms with Crippen molar-refractivity contribution >= 4 is 46.4 Å². The Morgan fingerprint density at radius 1 is 0.923 bits per heavy atom. The molecule has 1 heterocycles. The number of hydrogen-bond acceptors (Lipinski definition) is 4. The van der Waals surface area contributed by atoms with E-state index in [9.17, 15) is 22.8 Å². The Balaban J connectivity index is 1.69. The molecule has 1 aromatic heterocycles. The van der Waals surface area contributed by atoms with Crippen molar-refractivity contribution in [1.29, 1.82) is 0 Å². The number of alkyl halides is 4. The van der Waals surface area contributed by atoms with Gasteiger partial charge in [-0.2, -0.15) is 13.2 Å². The number of nitrogens with zero attached hydrogens (tertiary/aromatic N) is 2. The SMILES string of the molecule is O=C(Nc1cccnc1Cl)c1cc(N(Cc2cccc(Oc3ccccc3)c2)C(=O)CCl)cc(C(F)(F)F)c1. The Hall–Kier alpha value is -4.08. The van der Waals surface area contributed by atoms with Gasteiger partial charge in [-0.1, -0.05) is 41.9 Å². The molecule has 4 rings (SSSR count). The number of nitrogens with one attached hydrogen (secondary N) is 1. The zero-order valence-electron chi connectivity index (χ0n) is 20.1. The first kappa shape index (κ1) is 27.9. The lowest BCUT2D eigenvalue weighted by Gasteiger charge is -2.24. The van der Waals surface area contributed by atoms with Crippen LogP contribution in [0.15, 0.2) is 91.1 Å². The monoisotopic (exact) mass is 573 g/mol. The molecule has 0 aliphatic carbocycles. The largest absolute Gasteiger partial charge is 0.457 e. The fourth-order valence-electron chi connectivity index (χ4n) is 3.65. The van der Waals surface area contributed by atoms with Gasteiger partial charge in [0, 0.05) is 17.4 Å². The lowest BCUT2D eigenvalue weighted by Crippen LogP contribution is -2.32. The van der Waals surface area contributed by atoms with Gasteiger partial charge in [0.15, 0.2) is 5.15 Å². The molecule has 0 radical (unpaired) electrons. The normalized spacial score (nSPS) is 11.1. The Morgan fingerprint density at radius 3 is 2.36 bits per heavy atom. The second kappa shape index (κ2) is 12.2. The number of pyridine rings is 1. The molecule has 1 N–H and O–H groups in total. The number of carbonyl (C=O) groups is 2. The van der Waals surface area contributed by atoms with Crippen molar-refractivity contribution in [3.05, 3.63) is 113 Å². The van der Waals surface area contributed by atoms with Gasteiger partial charge in [-0.25, -0.2) is 4.98 Å². The highest BCUT2D eigenvalue weighted by Crippen LogP contribution is 2.34. The Labute approximate surface area is 231 Å². The lowest BCUT2D eigenvalue weighted by atomic mass is 10.1. The summed E-state index contributed by atoms with van der Waals surface area (Å²) in [5, 5.41) is 2.42. The smallest absolute Gasteiger partial charge is 0.416 e. The van der Waals surface area contributed by atoms with E-state index in [1.54, 1.807) is 36.4 Å². The predicted molar refractivity (Wildman–Crippen MR) is 144 cm³/mol. The van der Waals surface area contributed by atoms with Gasteiger partial charge >= 0.3 is 6.18 Å². The third kappa shape index (κ3) is 7.28. The van der Waals surface area contributed by atoms with Crippen LogP contribution in [0.3, 0.4) is 0 Å². The fourth-order valence-corrected chi connectivity index (χ4v) is 3.96. The molecule has 0 saturated carbocycles. The fraction of sp³-hybridized carbons (Fsp3) is 0.107. The highest BCUT2D eigenvalue weighted by molar-refractivity contribution is 6.32. The standard InChI is InChI=1S/C28H20Cl2F3N3O3/c29-16-25(37)36(17-18-6-4-9-23(12-18)39-22-7-2-1-3-8-22)21-14-19(13-20(15-21)28(31,32)33)27(38)35-24-10-5-11-34-26(24)30/h1-15H,16-17H2,(H,35,38). The average Bonchev–Trinajstić information content (AvgIpc) is 2.92. The van der Waals surface area contributed by atoms with Crippen LogP contribution < -0.4 is 15.0 Å². The minimum Gasteiger partial charge on any atom is -0.457 e. The summed E-state index contributed by atoms with van der Waals surface area (Å²) in [6.07, 6.45) is -3.40. The van der Waals surface area contributed by atoms with Crippen molar-refractivity contribution in [2.45, 2.75) is 12.7 Å². The summed E-state index contributed by atoms with van der Waals surface area (Å²) >= 11 is 11.8. The Kier molecular flexibility index (Phi) is 8.73. The van der Waals surface area contributed by atoms with Crippen molar-refractivity contribution in [3.8, 4) is 11.5 Å². The molecular weight excluding hydrogens is 554 g/mol. The molecule has 6 nitrogen and oxygen atoms in total. The van der Waals surface area contributed by atoms with Crippen LogP contribution >= 0.6 is 23.2 Å². The second-order valence-corrected chi connectivity index (χ2v) is 8.86. The van der Waals surface area contributed by atoms with Crippen LogP contribution in [-0.2, 0) is 17.5 Å². The quantitative estimate of drug-likeness (QED) is 0.174. The van der Waals surface area contributed by atoms with Crippen molar-refractivity contribution in [2.24, 2.45) is 0 Å². The molecule has 11 heteroatoms. The Bertz CT molecular complexity index is 1480. The van der Waals surface area contributed by atoms with E-state index in [1.807, 2.05) is 18.2 Å². The zero-order chi connectivity index (χ0) is 28.0. The molecule has 0 spiro atoms. The highest BCUT2D eigenvalue weighted by atomic mass is 35.5. The van der Waals surface area contributed by atoms with Crippen molar-refractivity contribution < 1.29 is 27.5 Å². The van der Waals surface area contributed by atoms with E-state index < -0.39 is 29.4 Å². The summed E-state index contributed by atoms with van der Waals surface area (Å²) < 4.78 is 47.3. The van der Waals surface area contributed by atoms with Gasteiger partial charge in [-0.05, 0) is 60.2 Å². The second-order valence-electron chi connectivity index (χ2n) is 8.24. The van der Waals surface area contributed by atoms with Crippen LogP contribution in [0.1, 0.15) is 21.5 Å². The molecule has 2 amide bonds. The molecule has 0 unspecified atom stereocenters. The molecule has 0 fully saturated rings. The van der Waals surface area contributed by atoms with Gasteiger partial charge in [-0.3, -0.25) is 9.59 Å². The predicted octanol–water partition coefficient (Wildman–Crippen LogP) is 7.57. The van der Waals surface area contributed by atoms with Crippen LogP contribution in [0.2, 0.25) is 5.15 Å². The van der Waals surface area contributed by atoms with Crippen LogP contribution in [0, 0.1) is 0 Å². The summed E-state index contributed by atoms with van der Waals surface area (Å²) in [6.45, 7) is -0.131. The van der Waals surface area contributed by atoms with E-state index in [-0.39, 0.29) is 28.6 Å². The van der Waals surface area contributed by atoms with Gasteiger partial charge in [0.2, 0.25) is 5.91 Å². The molecule has 4 aromatic rings. The van der Waals surface area contributed by atoms with Crippen LogP contribution in [0.25, 0.3) is 0 Å². The first-order chi connectivity index (χ1) is 18.6. The molecule has 0 aliphatic rings. The topological polar surface area (TPSA) is 71.5 Å². The number of para-hydroxylation sites is 1. The summed E-state index contributed by atoms with van der Waals surface area (Å²) in [5.74, 6) is -0.968. The number of carbonyl (C=O) groups excluding carboxylic acids is 2. The summed E-state index contributed by atoms with van der Waals surface area (Å²) in [6, 6.07) is 21.4. The van der Waals surface area contributed by atoms with E-state index >= 15 is 0 Å². The van der Waals surface area contributed by atoms with Gasteiger partial charge in [0.05, 0.1) is 17.8 Å². The number of benzene rings is 3. The maximum Gasteiger partial charge on any atom is 0.416 e. The van der Waals surface area contributed by atoms with Gasteiger partial charge in [-0.15, -0.1) is 11.6 Å². The minimum atomic E-state index is -4.80. The maximum absolute atomic E-state index is 13.8. The van der Waals surface area contributed by atoms with E-state index in [0.29, 0.717) is 23.1 Å². The molecule has 0 aliphatic heterocycles. The maximum atomic E-state index is 13.8. The number of ether oxygens (including phenoxy) is 1. The van der Waals surface area contributed by atoms with Crippen LogP contribution in [-0.4, -0.2) is 22.7 Å². The number of halogens is 5. The third-order valence-electron chi connectivity index (χ3n) is 5.46. The molecule has 200 valence electrons. The number of rotatable bonds is 8. The molecule has 39 heavy (non-hydrogen) atoms. The van der Waals surface area contributed by atoms with Crippen molar-refractivity contribution in [2.75, 3.05) is 16.1 Å². The third-order valence-corrected chi connectivity index (χ3v) is 5.99. The number of hydrogen-bond donors (Lipinski definition) is 1. The number of anilines is 2. The number of amides is 2. The van der Waals surface area contributed by atoms with Crippen LogP contribution in [0.4, 0.5) is 24.5 Å². The first-order valence-corrected chi connectivity index (χ1v) is 12.4. The number of aromatic nitrogens is 1. The average molecular weight is 574 g/mol. The minimum absolute atomic E-state index is 0.0328. The van der Waals surface area contributed by atoms with Gasteiger partial charge < -0.3 is 15.0 Å². The lowest BCUT2D eigenvalue weighted by molar-refractivity contribution is -0.137. The van der Waals surface area contributed by atoms with Gasteiger partial charge in [0.25, 0.3) is 5.91 Å². The van der Waals surface area contributed by atoms with E-state index in [0.717, 1.165) is 11.0 Å². The van der Waals surface area contributed by atoms with E-state index in [2.05, 4.69) is 10.3 Å². The van der Waals surface area contributed by atoms with Crippen LogP contribution in [0.5, 0.6) is 11.5 Å². The van der Waals surface area contributed by atoms with E-state index in [4.69, 9.17) is 27.9 Å². The molecule has 0 saturated heterocycles. The Morgan fingerprint density at radius 2 is 1.67 bits per heavy atom. The van der Waals surface area contributed by atoms with E-state index in [1.165, 1.54) is 24.4 Å². The van der Waals surface area contributed by atoms with Crippen molar-refractivity contribution in [3.63, 3.8) is 0 Å². The molecule has 0 atom stereocenters. The molecular formula is C28H20Cl2F3N3O3. The first-order valence-electron chi connectivity index (χ1n) is 11.5. The molecule has 3 aromatic carbocycles. The molecule has 0 bridgehead atoms. The zero-order valence-corrected chi connectivity index (χ0v) is 21.6. The summed E-state index contributed by atoms with van der Waals surface area (Å²) in [7, 11) is 0.